The monoisotopic (exact) mass is 261 g/mol. The van der Waals surface area contributed by atoms with Crippen molar-refractivity contribution in [2.75, 3.05) is 5.73 Å². The van der Waals surface area contributed by atoms with Crippen LogP contribution in [0.5, 0.6) is 11.6 Å². The fourth-order valence-electron chi connectivity index (χ4n) is 1.71. The van der Waals surface area contributed by atoms with E-state index < -0.39 is 0 Å². The average molecular weight is 262 g/mol. The number of halogens is 1. The zero-order valence-electron chi connectivity index (χ0n) is 9.85. The molecular weight excluding hydrogens is 250 g/mol. The van der Waals surface area contributed by atoms with E-state index in [9.17, 15) is 0 Å². The van der Waals surface area contributed by atoms with Crippen LogP contribution in [0, 0.1) is 11.3 Å². The Kier molecular flexibility index (Phi) is 3.45. The van der Waals surface area contributed by atoms with Crippen LogP contribution in [-0.4, -0.2) is 4.57 Å². The molecule has 0 aliphatic carbocycles. The van der Waals surface area contributed by atoms with Crippen LogP contribution in [0.1, 0.15) is 12.6 Å². The van der Waals surface area contributed by atoms with E-state index in [2.05, 4.69) is 6.07 Å². The third kappa shape index (κ3) is 2.27. The third-order valence-electron chi connectivity index (χ3n) is 2.52. The second-order valence-corrected chi connectivity index (χ2v) is 4.14. The molecule has 1 heterocycles. The lowest BCUT2D eigenvalue weighted by atomic mass is 10.3. The van der Waals surface area contributed by atoms with Gasteiger partial charge in [0.15, 0.2) is 0 Å². The molecule has 0 saturated heterocycles. The highest BCUT2D eigenvalue weighted by molar-refractivity contribution is 6.30. The summed E-state index contributed by atoms with van der Waals surface area (Å²) >= 11 is 5.89. The molecule has 0 atom stereocenters. The summed E-state index contributed by atoms with van der Waals surface area (Å²) < 4.78 is 7.42. The van der Waals surface area contributed by atoms with Gasteiger partial charge < -0.3 is 15.0 Å². The highest BCUT2D eigenvalue weighted by Crippen LogP contribution is 2.31. The van der Waals surface area contributed by atoms with Gasteiger partial charge in [0.1, 0.15) is 17.5 Å². The fraction of sp³-hybridized carbons (Fsp3) is 0.154. The van der Waals surface area contributed by atoms with E-state index >= 15 is 0 Å². The quantitative estimate of drug-likeness (QED) is 0.921. The van der Waals surface area contributed by atoms with Gasteiger partial charge in [0.25, 0.3) is 0 Å². The summed E-state index contributed by atoms with van der Waals surface area (Å²) in [5.41, 5.74) is 6.77. The maximum Gasteiger partial charge on any atom is 0.224 e. The van der Waals surface area contributed by atoms with Crippen LogP contribution >= 0.6 is 11.6 Å². The molecule has 2 N–H and O–H groups in total. The lowest BCUT2D eigenvalue weighted by molar-refractivity contribution is 0.434. The van der Waals surface area contributed by atoms with Crippen LogP contribution in [0.25, 0.3) is 0 Å². The second kappa shape index (κ2) is 5.03. The van der Waals surface area contributed by atoms with Crippen molar-refractivity contribution in [1.82, 2.24) is 4.57 Å². The molecule has 5 heteroatoms. The van der Waals surface area contributed by atoms with Gasteiger partial charge in [-0.25, -0.2) is 0 Å². The number of ether oxygens (including phenoxy) is 1. The van der Waals surface area contributed by atoms with Gasteiger partial charge in [0.2, 0.25) is 5.88 Å². The SMILES string of the molecule is CCn1c(C#N)cc(N)c1Oc1cccc(Cl)c1. The fourth-order valence-corrected chi connectivity index (χ4v) is 1.90. The largest absolute Gasteiger partial charge is 0.439 e. The molecule has 1 aromatic carbocycles. The highest BCUT2D eigenvalue weighted by atomic mass is 35.5. The molecule has 0 fully saturated rings. The minimum absolute atomic E-state index is 0.438. The molecule has 0 aliphatic heterocycles. The highest BCUT2D eigenvalue weighted by Gasteiger charge is 2.14. The van der Waals surface area contributed by atoms with Gasteiger partial charge in [-0.15, -0.1) is 0 Å². The Morgan fingerprint density at radius 1 is 1.44 bits per heavy atom. The van der Waals surface area contributed by atoms with Gasteiger partial charge in [-0.05, 0) is 25.1 Å². The number of anilines is 1. The van der Waals surface area contributed by atoms with Crippen molar-refractivity contribution in [2.45, 2.75) is 13.5 Å². The number of rotatable bonds is 3. The molecule has 0 spiro atoms. The summed E-state index contributed by atoms with van der Waals surface area (Å²) in [5.74, 6) is 1.06. The molecule has 0 saturated carbocycles. The van der Waals surface area contributed by atoms with E-state index in [0.717, 1.165) is 0 Å². The number of nitrogen functional groups attached to an aromatic ring is 1. The minimum Gasteiger partial charge on any atom is -0.439 e. The third-order valence-corrected chi connectivity index (χ3v) is 2.75. The number of hydrogen-bond acceptors (Lipinski definition) is 3. The Morgan fingerprint density at radius 3 is 2.83 bits per heavy atom. The first kappa shape index (κ1) is 12.3. The molecular formula is C13H12ClN3O. The van der Waals surface area contributed by atoms with E-state index in [1.165, 1.54) is 0 Å². The van der Waals surface area contributed by atoms with Gasteiger partial charge in [-0.1, -0.05) is 17.7 Å². The average Bonchev–Trinajstić information content (AvgIpc) is 2.66. The van der Waals surface area contributed by atoms with E-state index in [-0.39, 0.29) is 0 Å². The standard InChI is InChI=1S/C13H12ClN3O/c1-2-17-10(8-15)7-12(16)13(17)18-11-5-3-4-9(14)6-11/h3-7H,2,16H2,1H3. The van der Waals surface area contributed by atoms with Crippen LogP contribution in [-0.2, 0) is 6.54 Å². The van der Waals surface area contributed by atoms with E-state index in [4.69, 9.17) is 27.3 Å². The number of benzene rings is 1. The molecule has 92 valence electrons. The van der Waals surface area contributed by atoms with Crippen molar-refractivity contribution in [2.24, 2.45) is 0 Å². The van der Waals surface area contributed by atoms with Crippen LogP contribution in [0.3, 0.4) is 0 Å². The molecule has 0 unspecified atom stereocenters. The summed E-state index contributed by atoms with van der Waals surface area (Å²) in [4.78, 5) is 0. The number of hydrogen-bond donors (Lipinski definition) is 1. The number of nitriles is 1. The van der Waals surface area contributed by atoms with Gasteiger partial charge in [0, 0.05) is 17.6 Å². The zero-order valence-corrected chi connectivity index (χ0v) is 10.6. The first-order valence-electron chi connectivity index (χ1n) is 5.48. The van der Waals surface area contributed by atoms with E-state index in [1.54, 1.807) is 34.9 Å². The van der Waals surface area contributed by atoms with Crippen LogP contribution in [0.2, 0.25) is 5.02 Å². The number of aromatic nitrogens is 1. The molecule has 0 amide bonds. The summed E-state index contributed by atoms with van der Waals surface area (Å²) in [5, 5.41) is 9.58. The molecule has 4 nitrogen and oxygen atoms in total. The van der Waals surface area contributed by atoms with Crippen molar-refractivity contribution in [3.8, 4) is 17.7 Å². The lowest BCUT2D eigenvalue weighted by Crippen LogP contribution is -2.01. The number of nitrogens with two attached hydrogens (primary N) is 1. The van der Waals surface area contributed by atoms with Crippen molar-refractivity contribution in [3.05, 3.63) is 41.0 Å². The summed E-state index contributed by atoms with van der Waals surface area (Å²) in [6, 6.07) is 10.7. The summed E-state index contributed by atoms with van der Waals surface area (Å²) in [6.07, 6.45) is 0. The van der Waals surface area contributed by atoms with Crippen molar-refractivity contribution < 1.29 is 4.74 Å². The summed E-state index contributed by atoms with van der Waals surface area (Å²) in [6.45, 7) is 2.53. The van der Waals surface area contributed by atoms with E-state index in [1.807, 2.05) is 6.92 Å². The topological polar surface area (TPSA) is 64.0 Å². The van der Waals surface area contributed by atoms with Crippen molar-refractivity contribution in [1.29, 1.82) is 5.26 Å². The molecule has 1 aromatic heterocycles. The predicted octanol–water partition coefficient (Wildman–Crippen LogP) is 3.41. The van der Waals surface area contributed by atoms with Crippen molar-refractivity contribution >= 4 is 17.3 Å². The van der Waals surface area contributed by atoms with Gasteiger partial charge in [-0.3, -0.25) is 0 Å². The molecule has 2 aromatic rings. The van der Waals surface area contributed by atoms with Gasteiger partial charge in [-0.2, -0.15) is 5.26 Å². The molecule has 0 bridgehead atoms. The van der Waals surface area contributed by atoms with E-state index in [0.29, 0.717) is 34.6 Å². The molecule has 2 rings (SSSR count). The Morgan fingerprint density at radius 2 is 2.22 bits per heavy atom. The Labute approximate surface area is 110 Å². The second-order valence-electron chi connectivity index (χ2n) is 3.71. The number of nitrogens with zero attached hydrogens (tertiary/aromatic N) is 2. The lowest BCUT2D eigenvalue weighted by Gasteiger charge is -2.10. The molecule has 0 aliphatic rings. The summed E-state index contributed by atoms with van der Waals surface area (Å²) in [7, 11) is 0. The van der Waals surface area contributed by atoms with Gasteiger partial charge in [0.05, 0.1) is 5.69 Å². The molecule has 18 heavy (non-hydrogen) atoms. The van der Waals surface area contributed by atoms with Crippen LogP contribution in [0.4, 0.5) is 5.69 Å². The smallest absolute Gasteiger partial charge is 0.224 e. The Balaban J connectivity index is 2.40. The maximum absolute atomic E-state index is 8.99. The Hall–Kier alpha value is -2.12. The minimum atomic E-state index is 0.438. The van der Waals surface area contributed by atoms with Gasteiger partial charge >= 0.3 is 0 Å². The van der Waals surface area contributed by atoms with Crippen LogP contribution in [0.15, 0.2) is 30.3 Å². The maximum atomic E-state index is 8.99. The molecule has 0 radical (unpaired) electrons. The Bertz CT molecular complexity index is 613. The zero-order chi connectivity index (χ0) is 13.1. The van der Waals surface area contributed by atoms with Crippen LogP contribution < -0.4 is 10.5 Å². The first-order chi connectivity index (χ1) is 8.65. The van der Waals surface area contributed by atoms with Crippen molar-refractivity contribution in [3.63, 3.8) is 0 Å². The normalized spacial score (nSPS) is 10.1. The predicted molar refractivity (Wildman–Crippen MR) is 70.8 cm³/mol. The first-order valence-corrected chi connectivity index (χ1v) is 5.86.